The molecule has 1 saturated carbocycles. The molecule has 0 saturated heterocycles. The Balaban J connectivity index is 1.65. The molecule has 0 spiro atoms. The first-order valence-electron chi connectivity index (χ1n) is 6.20. The van der Waals surface area contributed by atoms with Gasteiger partial charge in [0, 0.05) is 25.0 Å². The predicted molar refractivity (Wildman–Crippen MR) is 65.9 cm³/mol. The number of nitrogens with zero attached hydrogens (tertiary/aromatic N) is 1. The smallest absolute Gasteiger partial charge is 0.0312 e. The highest BCUT2D eigenvalue weighted by atomic mass is 14.9. The maximum absolute atomic E-state index is 5.89. The Hall–Kier alpha value is -0.930. The van der Waals surface area contributed by atoms with Gasteiger partial charge in [0.25, 0.3) is 0 Å². The largest absolute Gasteiger partial charge is 0.328 e. The van der Waals surface area contributed by atoms with E-state index < -0.39 is 0 Å². The Morgan fingerprint density at radius 1 is 1.31 bits per heavy atom. The van der Waals surface area contributed by atoms with Gasteiger partial charge in [0.15, 0.2) is 0 Å². The predicted octanol–water partition coefficient (Wildman–Crippen LogP) is 1.69. The zero-order chi connectivity index (χ0) is 11.2. The topological polar surface area (TPSA) is 50.9 Å². The Kier molecular flexibility index (Phi) is 4.31. The summed E-state index contributed by atoms with van der Waals surface area (Å²) in [5.41, 5.74) is 7.15. The van der Waals surface area contributed by atoms with Gasteiger partial charge >= 0.3 is 0 Å². The minimum Gasteiger partial charge on any atom is -0.328 e. The number of nitrogens with one attached hydrogen (secondary N) is 1. The van der Waals surface area contributed by atoms with E-state index in [0.29, 0.717) is 6.04 Å². The second-order valence-electron chi connectivity index (χ2n) is 4.77. The second-order valence-corrected chi connectivity index (χ2v) is 4.77. The number of rotatable bonds is 4. The first-order valence-corrected chi connectivity index (χ1v) is 6.20. The molecular formula is C13H21N3. The third-order valence-electron chi connectivity index (χ3n) is 3.38. The Morgan fingerprint density at radius 3 is 2.81 bits per heavy atom. The third kappa shape index (κ3) is 3.58. The van der Waals surface area contributed by atoms with E-state index in [0.717, 1.165) is 19.0 Å². The summed E-state index contributed by atoms with van der Waals surface area (Å²) in [4.78, 5) is 4.10. The number of hydrogen-bond donors (Lipinski definition) is 2. The van der Waals surface area contributed by atoms with Crippen molar-refractivity contribution in [3.8, 4) is 0 Å². The van der Waals surface area contributed by atoms with Crippen LogP contribution >= 0.6 is 0 Å². The van der Waals surface area contributed by atoms with Gasteiger partial charge in [-0.25, -0.2) is 0 Å². The fourth-order valence-electron chi connectivity index (χ4n) is 2.32. The van der Waals surface area contributed by atoms with E-state index in [1.165, 1.54) is 31.2 Å². The van der Waals surface area contributed by atoms with Crippen LogP contribution in [0, 0.1) is 5.92 Å². The van der Waals surface area contributed by atoms with Crippen molar-refractivity contribution in [2.75, 3.05) is 6.54 Å². The van der Waals surface area contributed by atoms with E-state index in [2.05, 4.69) is 16.4 Å². The standard InChI is InChI=1S/C13H21N3/c14-13-5-3-11(4-6-13)8-16-10-12-2-1-7-15-9-12/h1-2,7,9,11,13,16H,3-6,8,10,14H2. The summed E-state index contributed by atoms with van der Waals surface area (Å²) in [6.07, 6.45) is 8.68. The van der Waals surface area contributed by atoms with Crippen molar-refractivity contribution in [2.24, 2.45) is 11.7 Å². The molecule has 1 heterocycles. The Bertz CT molecular complexity index is 291. The molecule has 0 aromatic carbocycles. The van der Waals surface area contributed by atoms with E-state index >= 15 is 0 Å². The maximum atomic E-state index is 5.89. The molecule has 0 unspecified atom stereocenters. The second kappa shape index (κ2) is 5.97. The van der Waals surface area contributed by atoms with Crippen LogP contribution in [0.4, 0.5) is 0 Å². The van der Waals surface area contributed by atoms with Crippen LogP contribution in [0.25, 0.3) is 0 Å². The molecule has 0 aliphatic heterocycles. The van der Waals surface area contributed by atoms with Gasteiger partial charge in [-0.2, -0.15) is 0 Å². The van der Waals surface area contributed by atoms with Crippen LogP contribution in [-0.2, 0) is 6.54 Å². The van der Waals surface area contributed by atoms with Crippen LogP contribution in [0.15, 0.2) is 24.5 Å². The van der Waals surface area contributed by atoms with Gasteiger partial charge in [-0.1, -0.05) is 6.07 Å². The van der Waals surface area contributed by atoms with Crippen molar-refractivity contribution in [3.05, 3.63) is 30.1 Å². The summed E-state index contributed by atoms with van der Waals surface area (Å²) < 4.78 is 0. The summed E-state index contributed by atoms with van der Waals surface area (Å²) in [5, 5.41) is 3.51. The number of pyridine rings is 1. The van der Waals surface area contributed by atoms with Gasteiger partial charge in [0.1, 0.15) is 0 Å². The lowest BCUT2D eigenvalue weighted by molar-refractivity contribution is 0.314. The summed E-state index contributed by atoms with van der Waals surface area (Å²) in [5.74, 6) is 0.816. The molecule has 88 valence electrons. The lowest BCUT2D eigenvalue weighted by Gasteiger charge is -2.26. The van der Waals surface area contributed by atoms with Gasteiger partial charge in [-0.05, 0) is 49.8 Å². The van der Waals surface area contributed by atoms with Gasteiger partial charge < -0.3 is 11.1 Å². The summed E-state index contributed by atoms with van der Waals surface area (Å²) >= 11 is 0. The van der Waals surface area contributed by atoms with Crippen LogP contribution in [0.3, 0.4) is 0 Å². The van der Waals surface area contributed by atoms with Gasteiger partial charge in [-0.3, -0.25) is 4.98 Å². The van der Waals surface area contributed by atoms with E-state index in [1.807, 2.05) is 18.5 Å². The molecule has 2 rings (SSSR count). The van der Waals surface area contributed by atoms with Gasteiger partial charge in [0.2, 0.25) is 0 Å². The van der Waals surface area contributed by atoms with Crippen LogP contribution in [0.5, 0.6) is 0 Å². The average Bonchev–Trinajstić information content (AvgIpc) is 2.33. The number of nitrogens with two attached hydrogens (primary N) is 1. The fourth-order valence-corrected chi connectivity index (χ4v) is 2.32. The zero-order valence-corrected chi connectivity index (χ0v) is 9.73. The molecule has 3 nitrogen and oxygen atoms in total. The summed E-state index contributed by atoms with van der Waals surface area (Å²) in [6.45, 7) is 2.04. The highest BCUT2D eigenvalue weighted by molar-refractivity contribution is 5.07. The van der Waals surface area contributed by atoms with Crippen LogP contribution in [-0.4, -0.2) is 17.6 Å². The lowest BCUT2D eigenvalue weighted by atomic mass is 9.86. The molecule has 0 atom stereocenters. The first-order chi connectivity index (χ1) is 7.84. The van der Waals surface area contributed by atoms with E-state index in [9.17, 15) is 0 Å². The van der Waals surface area contributed by atoms with Gasteiger partial charge in [0.05, 0.1) is 0 Å². The minimum atomic E-state index is 0.453. The van der Waals surface area contributed by atoms with Crippen molar-refractivity contribution in [2.45, 2.75) is 38.3 Å². The van der Waals surface area contributed by atoms with E-state index in [4.69, 9.17) is 5.73 Å². The molecule has 0 radical (unpaired) electrons. The quantitative estimate of drug-likeness (QED) is 0.810. The minimum absolute atomic E-state index is 0.453. The molecule has 1 aromatic heterocycles. The van der Waals surface area contributed by atoms with Crippen LogP contribution in [0.2, 0.25) is 0 Å². The van der Waals surface area contributed by atoms with Crippen molar-refractivity contribution >= 4 is 0 Å². The molecule has 1 aliphatic carbocycles. The normalized spacial score (nSPS) is 25.6. The van der Waals surface area contributed by atoms with Crippen LogP contribution in [0.1, 0.15) is 31.2 Å². The molecule has 1 aliphatic rings. The maximum Gasteiger partial charge on any atom is 0.0312 e. The highest BCUT2D eigenvalue weighted by Crippen LogP contribution is 2.22. The molecule has 3 heteroatoms. The molecule has 0 bridgehead atoms. The molecule has 1 fully saturated rings. The van der Waals surface area contributed by atoms with Crippen molar-refractivity contribution in [1.82, 2.24) is 10.3 Å². The molecule has 0 amide bonds. The Morgan fingerprint density at radius 2 is 2.12 bits per heavy atom. The number of hydrogen-bond acceptors (Lipinski definition) is 3. The third-order valence-corrected chi connectivity index (χ3v) is 3.38. The summed E-state index contributed by atoms with van der Waals surface area (Å²) in [7, 11) is 0. The number of aromatic nitrogens is 1. The van der Waals surface area contributed by atoms with Crippen LogP contribution < -0.4 is 11.1 Å². The lowest BCUT2D eigenvalue weighted by Crippen LogP contribution is -2.31. The van der Waals surface area contributed by atoms with E-state index in [1.54, 1.807) is 0 Å². The first kappa shape index (κ1) is 11.6. The average molecular weight is 219 g/mol. The van der Waals surface area contributed by atoms with Crippen molar-refractivity contribution in [1.29, 1.82) is 0 Å². The Labute approximate surface area is 97.5 Å². The summed E-state index contributed by atoms with van der Waals surface area (Å²) in [6, 6.07) is 4.54. The fraction of sp³-hybridized carbons (Fsp3) is 0.615. The monoisotopic (exact) mass is 219 g/mol. The van der Waals surface area contributed by atoms with E-state index in [-0.39, 0.29) is 0 Å². The SMILES string of the molecule is NC1CCC(CNCc2cccnc2)CC1. The molecule has 16 heavy (non-hydrogen) atoms. The van der Waals surface area contributed by atoms with Gasteiger partial charge in [-0.15, -0.1) is 0 Å². The molecular weight excluding hydrogens is 198 g/mol. The zero-order valence-electron chi connectivity index (χ0n) is 9.73. The highest BCUT2D eigenvalue weighted by Gasteiger charge is 2.17. The molecule has 1 aromatic rings. The van der Waals surface area contributed by atoms with Crippen molar-refractivity contribution < 1.29 is 0 Å². The molecule has 3 N–H and O–H groups in total. The van der Waals surface area contributed by atoms with Crippen molar-refractivity contribution in [3.63, 3.8) is 0 Å².